The monoisotopic (exact) mass is 260 g/mol. The molecule has 0 saturated carbocycles. The number of para-hydroxylation sites is 1. The molecule has 2 rings (SSSR count). The lowest BCUT2D eigenvalue weighted by atomic mass is 10.1. The fourth-order valence-corrected chi connectivity index (χ4v) is 1.63. The molecule has 0 saturated heterocycles. The topological polar surface area (TPSA) is 103 Å². The van der Waals surface area contributed by atoms with Crippen LogP contribution in [-0.4, -0.2) is 30.2 Å². The van der Waals surface area contributed by atoms with Gasteiger partial charge in [-0.1, -0.05) is 19.1 Å². The average molecular weight is 260 g/mol. The Labute approximate surface area is 111 Å². The van der Waals surface area contributed by atoms with E-state index >= 15 is 0 Å². The van der Waals surface area contributed by atoms with Crippen LogP contribution in [0.1, 0.15) is 18.9 Å². The minimum atomic E-state index is -0.951. The van der Waals surface area contributed by atoms with Gasteiger partial charge in [-0.05, 0) is 18.6 Å². The quantitative estimate of drug-likeness (QED) is 0.820. The zero-order valence-corrected chi connectivity index (χ0v) is 10.7. The summed E-state index contributed by atoms with van der Waals surface area (Å²) in [6, 6.07) is 6.30. The number of hydrogen-bond donors (Lipinski definition) is 2. The van der Waals surface area contributed by atoms with Crippen molar-refractivity contribution in [3.05, 3.63) is 29.8 Å². The van der Waals surface area contributed by atoms with Crippen molar-refractivity contribution >= 4 is 17.6 Å². The van der Waals surface area contributed by atoms with Crippen molar-refractivity contribution in [1.29, 1.82) is 0 Å². The maximum absolute atomic E-state index is 11.6. The first kappa shape index (κ1) is 13.2. The van der Waals surface area contributed by atoms with Crippen LogP contribution in [0, 0.1) is 0 Å². The zero-order chi connectivity index (χ0) is 13.8. The Morgan fingerprint density at radius 1 is 1.32 bits per heavy atom. The van der Waals surface area contributed by atoms with Crippen LogP contribution in [-0.2, 0) is 4.79 Å². The predicted molar refractivity (Wildman–Crippen MR) is 73.4 cm³/mol. The van der Waals surface area contributed by atoms with Crippen LogP contribution < -0.4 is 16.2 Å². The summed E-state index contributed by atoms with van der Waals surface area (Å²) in [6.45, 7) is 2.59. The molecule has 6 nitrogen and oxygen atoms in total. The normalized spacial score (nSPS) is 18.8. The van der Waals surface area contributed by atoms with Crippen molar-refractivity contribution in [3.8, 4) is 5.75 Å². The van der Waals surface area contributed by atoms with Gasteiger partial charge >= 0.3 is 0 Å². The van der Waals surface area contributed by atoms with E-state index in [1.54, 1.807) is 12.1 Å². The summed E-state index contributed by atoms with van der Waals surface area (Å²) in [4.78, 5) is 19.5. The molecule has 1 aromatic carbocycles. The lowest BCUT2D eigenvalue weighted by Gasteiger charge is -2.16. The van der Waals surface area contributed by atoms with Gasteiger partial charge in [-0.15, -0.1) is 0 Å². The summed E-state index contributed by atoms with van der Waals surface area (Å²) in [5, 5.41) is 0. The molecular formula is C13H16N4O2. The van der Waals surface area contributed by atoms with Gasteiger partial charge in [0.25, 0.3) is 5.91 Å². The van der Waals surface area contributed by atoms with Crippen LogP contribution in [0.5, 0.6) is 5.75 Å². The molecule has 0 unspecified atom stereocenters. The minimum absolute atomic E-state index is 0.0697. The molecule has 1 atom stereocenters. The number of nitrogens with two attached hydrogens (primary N) is 2. The van der Waals surface area contributed by atoms with Gasteiger partial charge in [0.05, 0.1) is 12.2 Å². The first-order valence-corrected chi connectivity index (χ1v) is 6.08. The number of rotatable bonds is 4. The smallest absolute Gasteiger partial charge is 0.272 e. The second-order valence-corrected chi connectivity index (χ2v) is 4.13. The Hall–Kier alpha value is -2.21. The van der Waals surface area contributed by atoms with Crippen molar-refractivity contribution in [2.75, 3.05) is 6.61 Å². The van der Waals surface area contributed by atoms with Crippen LogP contribution >= 0.6 is 0 Å². The molecular weight excluding hydrogens is 244 g/mol. The van der Waals surface area contributed by atoms with Crippen molar-refractivity contribution in [2.45, 2.75) is 19.4 Å². The van der Waals surface area contributed by atoms with E-state index in [0.717, 1.165) is 6.42 Å². The van der Waals surface area contributed by atoms with Gasteiger partial charge in [0, 0.05) is 0 Å². The number of benzene rings is 1. The van der Waals surface area contributed by atoms with Gasteiger partial charge in [0.2, 0.25) is 0 Å². The number of hydrogen-bond acceptors (Lipinski definition) is 5. The molecule has 0 fully saturated rings. The maximum atomic E-state index is 11.6. The molecule has 6 heteroatoms. The molecule has 19 heavy (non-hydrogen) atoms. The van der Waals surface area contributed by atoms with Crippen molar-refractivity contribution in [1.82, 2.24) is 0 Å². The number of ether oxygens (including phenoxy) is 1. The third kappa shape index (κ3) is 2.79. The summed E-state index contributed by atoms with van der Waals surface area (Å²) in [6.07, 6.45) is 0.885. The highest BCUT2D eigenvalue weighted by atomic mass is 16.5. The lowest BCUT2D eigenvalue weighted by Crippen LogP contribution is -2.45. The van der Waals surface area contributed by atoms with Crippen molar-refractivity contribution in [2.24, 2.45) is 21.5 Å². The van der Waals surface area contributed by atoms with Gasteiger partial charge < -0.3 is 16.2 Å². The number of carbonyl (C=O) groups is 1. The maximum Gasteiger partial charge on any atom is 0.272 e. The Balaban J connectivity index is 2.37. The van der Waals surface area contributed by atoms with E-state index in [-0.39, 0.29) is 11.7 Å². The first-order chi connectivity index (χ1) is 9.13. The third-order valence-corrected chi connectivity index (χ3v) is 2.63. The Morgan fingerprint density at radius 2 is 2.05 bits per heavy atom. The molecule has 4 N–H and O–H groups in total. The minimum Gasteiger partial charge on any atom is -0.493 e. The van der Waals surface area contributed by atoms with Gasteiger partial charge in [0.15, 0.2) is 5.84 Å². The van der Waals surface area contributed by atoms with Crippen LogP contribution in [0.15, 0.2) is 34.3 Å². The molecule has 100 valence electrons. The van der Waals surface area contributed by atoms with Crippen LogP contribution in [0.2, 0.25) is 0 Å². The number of amides is 1. The summed E-state index contributed by atoms with van der Waals surface area (Å²) < 4.78 is 5.60. The van der Waals surface area contributed by atoms with E-state index in [4.69, 9.17) is 16.2 Å². The highest BCUT2D eigenvalue weighted by molar-refractivity contribution is 6.21. The largest absolute Gasteiger partial charge is 0.493 e. The Bertz CT molecular complexity index is 551. The number of amidine groups is 2. The Morgan fingerprint density at radius 3 is 2.74 bits per heavy atom. The fraction of sp³-hybridized carbons (Fsp3) is 0.308. The fourth-order valence-electron chi connectivity index (χ4n) is 1.63. The van der Waals surface area contributed by atoms with E-state index in [0.29, 0.717) is 17.9 Å². The van der Waals surface area contributed by atoms with E-state index in [1.807, 2.05) is 19.1 Å². The van der Waals surface area contributed by atoms with Crippen LogP contribution in [0.25, 0.3) is 0 Å². The molecule has 1 aromatic rings. The first-order valence-electron chi connectivity index (χ1n) is 6.08. The number of aliphatic imine (C=N–C) groups is 2. The molecule has 1 aliphatic rings. The summed E-state index contributed by atoms with van der Waals surface area (Å²) in [5.41, 5.74) is 11.8. The molecule has 0 spiro atoms. The molecule has 0 bridgehead atoms. The highest BCUT2D eigenvalue weighted by Gasteiger charge is 2.24. The molecule has 0 radical (unpaired) electrons. The summed E-state index contributed by atoms with van der Waals surface area (Å²) in [5.74, 6) is 0.451. The average Bonchev–Trinajstić information content (AvgIpc) is 2.42. The standard InChI is InChI=1S/C13H16N4O2/c1-2-7-19-9-6-4-3-5-8(9)12-16-11(15)10(14)13(18)17-12/h3-6,10H,2,7,14H2,1H3,(H2,15,16,17,18)/t10-/m0/s1. The molecule has 1 amide bonds. The lowest BCUT2D eigenvalue weighted by molar-refractivity contribution is -0.117. The van der Waals surface area contributed by atoms with E-state index in [9.17, 15) is 4.79 Å². The van der Waals surface area contributed by atoms with E-state index in [1.165, 1.54) is 0 Å². The van der Waals surface area contributed by atoms with Crippen LogP contribution in [0.3, 0.4) is 0 Å². The van der Waals surface area contributed by atoms with E-state index < -0.39 is 11.9 Å². The SMILES string of the molecule is CCCOc1ccccc1C1=NC(=O)[C@@H](N)C(N)=N1. The van der Waals surface area contributed by atoms with Gasteiger partial charge in [0.1, 0.15) is 17.6 Å². The van der Waals surface area contributed by atoms with Gasteiger partial charge in [-0.3, -0.25) is 4.79 Å². The van der Waals surface area contributed by atoms with Crippen molar-refractivity contribution < 1.29 is 9.53 Å². The second kappa shape index (κ2) is 5.62. The molecule has 1 heterocycles. The Kier molecular flexibility index (Phi) is 3.91. The van der Waals surface area contributed by atoms with Gasteiger partial charge in [-0.2, -0.15) is 4.99 Å². The summed E-state index contributed by atoms with van der Waals surface area (Å²) in [7, 11) is 0. The number of nitrogens with zero attached hydrogens (tertiary/aromatic N) is 2. The van der Waals surface area contributed by atoms with Crippen LogP contribution in [0.4, 0.5) is 0 Å². The zero-order valence-electron chi connectivity index (χ0n) is 10.7. The summed E-state index contributed by atoms with van der Waals surface area (Å²) >= 11 is 0. The van der Waals surface area contributed by atoms with E-state index in [2.05, 4.69) is 9.98 Å². The van der Waals surface area contributed by atoms with Gasteiger partial charge in [-0.25, -0.2) is 4.99 Å². The van der Waals surface area contributed by atoms with Crippen molar-refractivity contribution in [3.63, 3.8) is 0 Å². The molecule has 0 aromatic heterocycles. The third-order valence-electron chi connectivity index (χ3n) is 2.63. The highest BCUT2D eigenvalue weighted by Crippen LogP contribution is 2.21. The second-order valence-electron chi connectivity index (χ2n) is 4.13. The molecule has 1 aliphatic heterocycles. The number of carbonyl (C=O) groups excluding carboxylic acids is 1. The molecule has 0 aliphatic carbocycles. The predicted octanol–water partition coefficient (Wildman–Crippen LogP) is 0.447.